The van der Waals surface area contributed by atoms with E-state index in [-0.39, 0.29) is 0 Å². The highest BCUT2D eigenvalue weighted by molar-refractivity contribution is 8.14. The SMILES string of the molecule is NC1=NC2(CS1)c1cc(Cl)ccc1Oc1ccc(-c3cncnc3)cc12. The molecule has 128 valence electrons. The number of nitrogens with two attached hydrogens (primary N) is 1. The molecule has 0 amide bonds. The number of amidine groups is 1. The van der Waals surface area contributed by atoms with Gasteiger partial charge in [0.2, 0.25) is 0 Å². The number of benzene rings is 2. The molecule has 1 unspecified atom stereocenters. The summed E-state index contributed by atoms with van der Waals surface area (Å²) < 4.78 is 6.14. The lowest BCUT2D eigenvalue weighted by molar-refractivity contribution is 0.416. The van der Waals surface area contributed by atoms with Crippen molar-refractivity contribution in [2.24, 2.45) is 10.7 Å². The molecule has 7 heteroatoms. The van der Waals surface area contributed by atoms with Crippen molar-refractivity contribution in [2.75, 3.05) is 5.75 Å². The van der Waals surface area contributed by atoms with Gasteiger partial charge in [-0.1, -0.05) is 29.4 Å². The Kier molecular flexibility index (Phi) is 3.45. The fourth-order valence-corrected chi connectivity index (χ4v) is 4.58. The Labute approximate surface area is 159 Å². The number of ether oxygens (including phenoxy) is 1. The van der Waals surface area contributed by atoms with E-state index < -0.39 is 5.54 Å². The van der Waals surface area contributed by atoms with Crippen LogP contribution in [0, 0.1) is 0 Å². The highest BCUT2D eigenvalue weighted by Crippen LogP contribution is 2.53. The molecule has 1 atom stereocenters. The van der Waals surface area contributed by atoms with Crippen molar-refractivity contribution in [3.05, 3.63) is 71.3 Å². The second kappa shape index (κ2) is 5.72. The summed E-state index contributed by atoms with van der Waals surface area (Å²) >= 11 is 7.81. The Morgan fingerprint density at radius 3 is 2.46 bits per heavy atom. The van der Waals surface area contributed by atoms with Gasteiger partial charge in [0.05, 0.1) is 0 Å². The molecule has 26 heavy (non-hydrogen) atoms. The monoisotopic (exact) mass is 380 g/mol. The first-order valence-corrected chi connectivity index (χ1v) is 9.38. The van der Waals surface area contributed by atoms with Crippen molar-refractivity contribution < 1.29 is 4.74 Å². The van der Waals surface area contributed by atoms with Gasteiger partial charge in [0.1, 0.15) is 23.4 Å². The van der Waals surface area contributed by atoms with Crippen molar-refractivity contribution in [1.82, 2.24) is 9.97 Å². The van der Waals surface area contributed by atoms with Crippen LogP contribution in [0.2, 0.25) is 5.02 Å². The zero-order chi connectivity index (χ0) is 17.7. The van der Waals surface area contributed by atoms with Crippen LogP contribution in [0.25, 0.3) is 11.1 Å². The van der Waals surface area contributed by atoms with Crippen LogP contribution in [0.5, 0.6) is 11.5 Å². The van der Waals surface area contributed by atoms with Gasteiger partial charge in [-0.15, -0.1) is 0 Å². The Hall–Kier alpha value is -2.57. The van der Waals surface area contributed by atoms with Gasteiger partial charge in [-0.05, 0) is 35.9 Å². The molecule has 0 fully saturated rings. The van der Waals surface area contributed by atoms with Crippen molar-refractivity contribution in [2.45, 2.75) is 5.54 Å². The highest BCUT2D eigenvalue weighted by Gasteiger charge is 2.46. The van der Waals surface area contributed by atoms with Crippen molar-refractivity contribution >= 4 is 28.5 Å². The van der Waals surface area contributed by atoms with E-state index in [1.54, 1.807) is 24.2 Å². The molecule has 1 aromatic heterocycles. The van der Waals surface area contributed by atoms with Crippen LogP contribution < -0.4 is 10.5 Å². The van der Waals surface area contributed by atoms with Crippen LogP contribution in [0.15, 0.2) is 60.1 Å². The minimum atomic E-state index is -0.603. The van der Waals surface area contributed by atoms with Crippen molar-refractivity contribution in [3.8, 4) is 22.6 Å². The zero-order valence-electron chi connectivity index (χ0n) is 13.5. The second-order valence-corrected chi connectivity index (χ2v) is 7.61. The fourth-order valence-electron chi connectivity index (χ4n) is 3.45. The largest absolute Gasteiger partial charge is 0.457 e. The number of fused-ring (bicyclic) bond motifs is 4. The fraction of sp³-hybridized carbons (Fsp3) is 0.105. The molecule has 2 aliphatic heterocycles. The summed E-state index contributed by atoms with van der Waals surface area (Å²) in [5.74, 6) is 2.24. The Balaban J connectivity index is 1.76. The molecular weight excluding hydrogens is 368 g/mol. The third-order valence-electron chi connectivity index (χ3n) is 4.66. The molecule has 0 radical (unpaired) electrons. The normalized spacial score (nSPS) is 20.3. The molecule has 5 nitrogen and oxygen atoms in total. The smallest absolute Gasteiger partial charge is 0.155 e. The first kappa shape index (κ1) is 15.7. The van der Waals surface area contributed by atoms with Gasteiger partial charge < -0.3 is 10.5 Å². The zero-order valence-corrected chi connectivity index (χ0v) is 15.1. The standard InChI is InChI=1S/C19H13ClN4OS/c20-13-2-4-17-15(6-13)19(9-26-18(21)24-19)14-5-11(1-3-16(14)25-17)12-7-22-10-23-8-12/h1-8,10H,9H2,(H2,21,24). The van der Waals surface area contributed by atoms with E-state index in [4.69, 9.17) is 27.1 Å². The summed E-state index contributed by atoms with van der Waals surface area (Å²) in [6, 6.07) is 11.7. The van der Waals surface area contributed by atoms with Crippen LogP contribution in [0.4, 0.5) is 0 Å². The maximum Gasteiger partial charge on any atom is 0.155 e. The molecule has 0 saturated carbocycles. The molecule has 1 spiro atoms. The van der Waals surface area contributed by atoms with E-state index in [1.807, 2.05) is 30.3 Å². The maximum atomic E-state index is 6.27. The Morgan fingerprint density at radius 2 is 1.73 bits per heavy atom. The first-order valence-electron chi connectivity index (χ1n) is 8.02. The van der Waals surface area contributed by atoms with Crippen molar-refractivity contribution in [3.63, 3.8) is 0 Å². The highest BCUT2D eigenvalue weighted by atomic mass is 35.5. The van der Waals surface area contributed by atoms with E-state index in [1.165, 1.54) is 6.33 Å². The minimum Gasteiger partial charge on any atom is -0.457 e. The Bertz CT molecular complexity index is 1060. The van der Waals surface area contributed by atoms with Gasteiger partial charge in [0, 0.05) is 39.9 Å². The van der Waals surface area contributed by atoms with E-state index >= 15 is 0 Å². The number of aliphatic imine (C=N–C) groups is 1. The van der Waals surface area contributed by atoms with Gasteiger partial charge >= 0.3 is 0 Å². The molecule has 0 saturated heterocycles. The van der Waals surface area contributed by atoms with Crippen LogP contribution in [-0.4, -0.2) is 20.9 Å². The van der Waals surface area contributed by atoms with Crippen LogP contribution >= 0.6 is 23.4 Å². The molecule has 3 aromatic rings. The third kappa shape index (κ3) is 2.29. The first-order chi connectivity index (χ1) is 12.7. The van der Waals surface area contributed by atoms with Crippen LogP contribution in [-0.2, 0) is 5.54 Å². The molecule has 2 aromatic carbocycles. The number of hydrogen-bond acceptors (Lipinski definition) is 6. The quantitative estimate of drug-likeness (QED) is 0.684. The van der Waals surface area contributed by atoms with E-state index in [0.29, 0.717) is 15.9 Å². The molecule has 3 heterocycles. The van der Waals surface area contributed by atoms with Crippen LogP contribution in [0.1, 0.15) is 11.1 Å². The third-order valence-corrected chi connectivity index (χ3v) is 5.84. The van der Waals surface area contributed by atoms with Gasteiger partial charge in [-0.25, -0.2) is 15.0 Å². The number of nitrogens with zero attached hydrogens (tertiary/aromatic N) is 3. The van der Waals surface area contributed by atoms with Gasteiger partial charge in [0.25, 0.3) is 0 Å². The molecule has 0 bridgehead atoms. The van der Waals surface area contributed by atoms with Gasteiger partial charge in [-0.3, -0.25) is 0 Å². The lowest BCUT2D eigenvalue weighted by Crippen LogP contribution is -2.30. The van der Waals surface area contributed by atoms with E-state index in [9.17, 15) is 0 Å². The van der Waals surface area contributed by atoms with E-state index in [2.05, 4.69) is 16.0 Å². The van der Waals surface area contributed by atoms with Gasteiger partial charge in [0.15, 0.2) is 5.17 Å². The Morgan fingerprint density at radius 1 is 1.00 bits per heavy atom. The lowest BCUT2D eigenvalue weighted by Gasteiger charge is -2.34. The summed E-state index contributed by atoms with van der Waals surface area (Å²) in [5, 5.41) is 1.21. The summed E-state index contributed by atoms with van der Waals surface area (Å²) in [4.78, 5) is 13.0. The molecule has 2 N–H and O–H groups in total. The number of halogens is 1. The van der Waals surface area contributed by atoms with E-state index in [0.717, 1.165) is 33.8 Å². The average molecular weight is 381 g/mol. The summed E-state index contributed by atoms with van der Waals surface area (Å²) in [6.45, 7) is 0. The van der Waals surface area contributed by atoms with Crippen LogP contribution in [0.3, 0.4) is 0 Å². The summed E-state index contributed by atoms with van der Waals surface area (Å²) in [5.41, 5.74) is 9.31. The molecule has 2 aliphatic rings. The number of hydrogen-bond donors (Lipinski definition) is 1. The molecular formula is C19H13ClN4OS. The number of aromatic nitrogens is 2. The summed E-state index contributed by atoms with van der Waals surface area (Å²) in [6.07, 6.45) is 5.09. The number of thioether (sulfide) groups is 1. The number of rotatable bonds is 1. The average Bonchev–Trinajstić information content (AvgIpc) is 3.06. The molecule has 0 aliphatic carbocycles. The topological polar surface area (TPSA) is 73.4 Å². The second-order valence-electron chi connectivity index (χ2n) is 6.18. The summed E-state index contributed by atoms with van der Waals surface area (Å²) in [7, 11) is 0. The van der Waals surface area contributed by atoms with Gasteiger partial charge in [-0.2, -0.15) is 0 Å². The molecule has 5 rings (SSSR count). The predicted molar refractivity (Wildman–Crippen MR) is 104 cm³/mol. The lowest BCUT2D eigenvalue weighted by atomic mass is 9.81. The predicted octanol–water partition coefficient (Wildman–Crippen LogP) is 4.21. The minimum absolute atomic E-state index is 0.567. The van der Waals surface area contributed by atoms with Crippen molar-refractivity contribution in [1.29, 1.82) is 0 Å². The maximum absolute atomic E-state index is 6.27.